The van der Waals surface area contributed by atoms with E-state index in [0.717, 1.165) is 0 Å². The zero-order valence-corrected chi connectivity index (χ0v) is 16.4. The van der Waals surface area contributed by atoms with Gasteiger partial charge >= 0.3 is 12.1 Å². The van der Waals surface area contributed by atoms with Crippen LogP contribution in [0.1, 0.15) is 27.7 Å². The van der Waals surface area contributed by atoms with Gasteiger partial charge in [0.1, 0.15) is 11.4 Å². The lowest BCUT2D eigenvalue weighted by molar-refractivity contribution is 0.0112. The van der Waals surface area contributed by atoms with Crippen LogP contribution in [-0.2, 0) is 4.74 Å². The average Bonchev–Trinajstić information content (AvgIpc) is 2.49. The van der Waals surface area contributed by atoms with Crippen molar-refractivity contribution in [2.75, 3.05) is 25.0 Å². The molecule has 138 valence electrons. The number of hydrogen-bond acceptors (Lipinski definition) is 3. The van der Waals surface area contributed by atoms with E-state index in [9.17, 15) is 14.0 Å². The highest BCUT2D eigenvalue weighted by Crippen LogP contribution is 2.21. The van der Waals surface area contributed by atoms with Crippen LogP contribution in [0.3, 0.4) is 0 Å². The van der Waals surface area contributed by atoms with Crippen LogP contribution < -0.4 is 5.32 Å². The molecule has 1 unspecified atom stereocenters. The molecule has 1 aromatic rings. The summed E-state index contributed by atoms with van der Waals surface area (Å²) in [6.45, 7) is 8.46. The molecule has 1 N–H and O–H groups in total. The van der Waals surface area contributed by atoms with E-state index < -0.39 is 11.4 Å². The highest BCUT2D eigenvalue weighted by atomic mass is 79.9. The van der Waals surface area contributed by atoms with Gasteiger partial charge in [-0.15, -0.1) is 0 Å². The molecule has 0 radical (unpaired) electrons. The highest BCUT2D eigenvalue weighted by molar-refractivity contribution is 9.10. The van der Waals surface area contributed by atoms with Gasteiger partial charge in [-0.1, -0.05) is 0 Å². The van der Waals surface area contributed by atoms with Crippen molar-refractivity contribution in [3.63, 3.8) is 0 Å². The van der Waals surface area contributed by atoms with E-state index in [4.69, 9.17) is 4.74 Å². The zero-order valence-electron chi connectivity index (χ0n) is 14.8. The maximum Gasteiger partial charge on any atom is 0.410 e. The average molecular weight is 416 g/mol. The molecule has 3 amide bonds. The van der Waals surface area contributed by atoms with Crippen LogP contribution in [-0.4, -0.2) is 53.2 Å². The number of rotatable bonds is 1. The van der Waals surface area contributed by atoms with Crippen LogP contribution in [0.4, 0.5) is 19.7 Å². The number of piperazine rings is 1. The van der Waals surface area contributed by atoms with Gasteiger partial charge in [0, 0.05) is 31.4 Å². The summed E-state index contributed by atoms with van der Waals surface area (Å²) < 4.78 is 19.3. The number of carbonyl (C=O) groups is 2. The molecular formula is C17H23BrFN3O3. The maximum absolute atomic E-state index is 13.6. The van der Waals surface area contributed by atoms with Crippen LogP contribution >= 0.6 is 15.9 Å². The fourth-order valence-corrected chi connectivity index (χ4v) is 2.77. The summed E-state index contributed by atoms with van der Waals surface area (Å²) in [5, 5.41) is 2.68. The number of urea groups is 1. The van der Waals surface area contributed by atoms with Gasteiger partial charge < -0.3 is 19.9 Å². The Morgan fingerprint density at radius 3 is 2.56 bits per heavy atom. The number of nitrogens with one attached hydrogen (secondary N) is 1. The third kappa shape index (κ3) is 5.32. The predicted molar refractivity (Wildman–Crippen MR) is 97.1 cm³/mol. The van der Waals surface area contributed by atoms with Gasteiger partial charge in [-0.05, 0) is 61.8 Å². The standard InChI is InChI=1S/C17H23BrFN3O3/c1-11-10-21(16(24)25-17(2,3)4)7-8-22(11)15(23)20-12-5-6-13(18)14(19)9-12/h5-6,9,11H,7-8,10H2,1-4H3,(H,20,23). The third-order valence-corrected chi connectivity index (χ3v) is 4.35. The zero-order chi connectivity index (χ0) is 18.8. The van der Waals surface area contributed by atoms with E-state index in [1.807, 2.05) is 27.7 Å². The third-order valence-electron chi connectivity index (χ3n) is 3.71. The monoisotopic (exact) mass is 415 g/mol. The van der Waals surface area contributed by atoms with Crippen LogP contribution in [0.25, 0.3) is 0 Å². The van der Waals surface area contributed by atoms with Gasteiger partial charge in [0.2, 0.25) is 0 Å². The fourth-order valence-electron chi connectivity index (χ4n) is 2.52. The van der Waals surface area contributed by atoms with Crippen LogP contribution in [0.5, 0.6) is 0 Å². The molecule has 0 aliphatic carbocycles. The Balaban J connectivity index is 1.95. The summed E-state index contributed by atoms with van der Waals surface area (Å²) in [5.41, 5.74) is -0.173. The fraction of sp³-hybridized carbons (Fsp3) is 0.529. The number of hydrogen-bond donors (Lipinski definition) is 1. The van der Waals surface area contributed by atoms with Gasteiger partial charge in [0.05, 0.1) is 4.47 Å². The minimum absolute atomic E-state index is 0.179. The van der Waals surface area contributed by atoms with Gasteiger partial charge in [0.25, 0.3) is 0 Å². The van der Waals surface area contributed by atoms with Gasteiger partial charge in [0.15, 0.2) is 0 Å². The molecule has 1 fully saturated rings. The van der Waals surface area contributed by atoms with E-state index in [2.05, 4.69) is 21.2 Å². The molecule has 1 aromatic carbocycles. The normalized spacial score (nSPS) is 18.1. The number of carbonyl (C=O) groups excluding carboxylic acids is 2. The predicted octanol–water partition coefficient (Wildman–Crippen LogP) is 4.06. The second-order valence-corrected chi connectivity index (χ2v) is 7.88. The number of anilines is 1. The van der Waals surface area contributed by atoms with Crippen molar-refractivity contribution >= 4 is 33.7 Å². The SMILES string of the molecule is CC1CN(C(=O)OC(C)(C)C)CCN1C(=O)Nc1ccc(Br)c(F)c1. The maximum atomic E-state index is 13.6. The Morgan fingerprint density at radius 1 is 1.32 bits per heavy atom. The molecule has 1 saturated heterocycles. The summed E-state index contributed by atoms with van der Waals surface area (Å²) in [6.07, 6.45) is -0.380. The van der Waals surface area contributed by atoms with E-state index in [0.29, 0.717) is 29.8 Å². The number of ether oxygens (including phenoxy) is 1. The van der Waals surface area contributed by atoms with Crippen molar-refractivity contribution in [2.24, 2.45) is 0 Å². The summed E-state index contributed by atoms with van der Waals surface area (Å²) >= 11 is 3.08. The van der Waals surface area contributed by atoms with Crippen molar-refractivity contribution < 1.29 is 18.7 Å². The molecule has 1 aliphatic rings. The number of benzene rings is 1. The van der Waals surface area contributed by atoms with Crippen LogP contribution in [0.15, 0.2) is 22.7 Å². The molecule has 0 aromatic heterocycles. The summed E-state index contributed by atoms with van der Waals surface area (Å²) in [4.78, 5) is 27.8. The van der Waals surface area contributed by atoms with E-state index in [-0.39, 0.29) is 18.2 Å². The molecule has 0 saturated carbocycles. The molecule has 0 spiro atoms. The smallest absolute Gasteiger partial charge is 0.410 e. The Labute approximate surface area is 155 Å². The van der Waals surface area contributed by atoms with Crippen molar-refractivity contribution in [2.45, 2.75) is 39.3 Å². The lowest BCUT2D eigenvalue weighted by Crippen LogP contribution is -2.57. The van der Waals surface area contributed by atoms with Crippen molar-refractivity contribution in [1.29, 1.82) is 0 Å². The second-order valence-electron chi connectivity index (χ2n) is 7.03. The second kappa shape index (κ2) is 7.59. The minimum atomic E-state index is -0.555. The molecule has 25 heavy (non-hydrogen) atoms. The number of halogens is 2. The summed E-state index contributed by atoms with van der Waals surface area (Å²) in [7, 11) is 0. The molecule has 2 rings (SSSR count). The minimum Gasteiger partial charge on any atom is -0.444 e. The Kier molecular flexibility index (Phi) is 5.92. The molecule has 1 atom stereocenters. The highest BCUT2D eigenvalue weighted by Gasteiger charge is 2.32. The Bertz CT molecular complexity index is 663. The first-order valence-electron chi connectivity index (χ1n) is 8.07. The van der Waals surface area contributed by atoms with Gasteiger partial charge in [-0.2, -0.15) is 0 Å². The first-order valence-corrected chi connectivity index (χ1v) is 8.87. The Morgan fingerprint density at radius 2 is 2.00 bits per heavy atom. The molecule has 1 aliphatic heterocycles. The van der Waals surface area contributed by atoms with E-state index in [1.165, 1.54) is 12.1 Å². The first kappa shape index (κ1) is 19.5. The first-order chi connectivity index (χ1) is 11.6. The van der Waals surface area contributed by atoms with Crippen molar-refractivity contribution in [1.82, 2.24) is 9.80 Å². The van der Waals surface area contributed by atoms with Crippen molar-refractivity contribution in [3.05, 3.63) is 28.5 Å². The van der Waals surface area contributed by atoms with E-state index in [1.54, 1.807) is 15.9 Å². The number of amides is 3. The topological polar surface area (TPSA) is 61.9 Å². The van der Waals surface area contributed by atoms with Crippen LogP contribution in [0.2, 0.25) is 0 Å². The van der Waals surface area contributed by atoms with E-state index >= 15 is 0 Å². The molecule has 6 nitrogen and oxygen atoms in total. The van der Waals surface area contributed by atoms with Gasteiger partial charge in [-0.25, -0.2) is 14.0 Å². The summed E-state index contributed by atoms with van der Waals surface area (Å²) in [6, 6.07) is 3.91. The lowest BCUT2D eigenvalue weighted by Gasteiger charge is -2.40. The molecular weight excluding hydrogens is 393 g/mol. The molecule has 8 heteroatoms. The molecule has 1 heterocycles. The molecule has 0 bridgehead atoms. The van der Waals surface area contributed by atoms with Gasteiger partial charge in [-0.3, -0.25) is 0 Å². The largest absolute Gasteiger partial charge is 0.444 e. The quantitative estimate of drug-likeness (QED) is 0.751. The van der Waals surface area contributed by atoms with Crippen LogP contribution in [0, 0.1) is 5.82 Å². The summed E-state index contributed by atoms with van der Waals surface area (Å²) in [5.74, 6) is -0.444. The Hall–Kier alpha value is -1.83. The lowest BCUT2D eigenvalue weighted by atomic mass is 10.2. The number of nitrogens with zero attached hydrogens (tertiary/aromatic N) is 2. The van der Waals surface area contributed by atoms with Crippen molar-refractivity contribution in [3.8, 4) is 0 Å².